The van der Waals surface area contributed by atoms with Crippen molar-refractivity contribution in [3.05, 3.63) is 59.4 Å². The Labute approximate surface area is 123 Å². The van der Waals surface area contributed by atoms with Crippen molar-refractivity contribution in [2.24, 2.45) is 0 Å². The maximum Gasteiger partial charge on any atom is 0.310 e. The summed E-state index contributed by atoms with van der Waals surface area (Å²) in [7, 11) is 0. The third kappa shape index (κ3) is 4.31. The second kappa shape index (κ2) is 6.88. The van der Waals surface area contributed by atoms with Gasteiger partial charge in [0.25, 0.3) is 0 Å². The van der Waals surface area contributed by atoms with Crippen molar-refractivity contribution in [3.8, 4) is 11.5 Å². The molecular formula is C17H17FO3. The molecule has 0 saturated heterocycles. The van der Waals surface area contributed by atoms with E-state index in [0.29, 0.717) is 18.1 Å². The number of aryl methyl sites for hydroxylation is 1. The van der Waals surface area contributed by atoms with Crippen LogP contribution in [0.2, 0.25) is 0 Å². The Kier molecular flexibility index (Phi) is 4.93. The van der Waals surface area contributed by atoms with Gasteiger partial charge in [-0.3, -0.25) is 4.79 Å². The minimum atomic E-state index is -0.354. The highest BCUT2D eigenvalue weighted by Crippen LogP contribution is 2.26. The fourth-order valence-corrected chi connectivity index (χ4v) is 1.90. The quantitative estimate of drug-likeness (QED) is 0.779. The summed E-state index contributed by atoms with van der Waals surface area (Å²) in [5.74, 6) is 0.389. The van der Waals surface area contributed by atoms with E-state index in [1.807, 2.05) is 19.1 Å². The van der Waals surface area contributed by atoms with Gasteiger partial charge in [0.1, 0.15) is 17.3 Å². The first kappa shape index (κ1) is 15.0. The van der Waals surface area contributed by atoms with Crippen molar-refractivity contribution in [2.45, 2.75) is 20.3 Å². The van der Waals surface area contributed by atoms with Gasteiger partial charge in [-0.1, -0.05) is 18.2 Å². The number of hydrogen-bond acceptors (Lipinski definition) is 3. The summed E-state index contributed by atoms with van der Waals surface area (Å²) in [6.07, 6.45) is 0.188. The van der Waals surface area contributed by atoms with E-state index < -0.39 is 0 Å². The molecular weight excluding hydrogens is 271 g/mol. The average molecular weight is 288 g/mol. The molecule has 0 N–H and O–H groups in total. The van der Waals surface area contributed by atoms with E-state index in [-0.39, 0.29) is 18.2 Å². The van der Waals surface area contributed by atoms with Gasteiger partial charge >= 0.3 is 5.97 Å². The van der Waals surface area contributed by atoms with E-state index in [1.54, 1.807) is 25.1 Å². The van der Waals surface area contributed by atoms with Gasteiger partial charge in [-0.25, -0.2) is 4.39 Å². The highest BCUT2D eigenvalue weighted by atomic mass is 19.1. The van der Waals surface area contributed by atoms with Crippen LogP contribution in [0.4, 0.5) is 4.39 Å². The molecule has 110 valence electrons. The number of esters is 1. The molecule has 4 heteroatoms. The van der Waals surface area contributed by atoms with Gasteiger partial charge in [0, 0.05) is 6.07 Å². The van der Waals surface area contributed by atoms with Crippen LogP contribution in [0.1, 0.15) is 18.1 Å². The predicted octanol–water partition coefficient (Wildman–Crippen LogP) is 4.03. The van der Waals surface area contributed by atoms with Crippen molar-refractivity contribution in [1.82, 2.24) is 0 Å². The largest absolute Gasteiger partial charge is 0.466 e. The lowest BCUT2D eigenvalue weighted by Gasteiger charge is -2.10. The Morgan fingerprint density at radius 1 is 1.19 bits per heavy atom. The third-order valence-electron chi connectivity index (χ3n) is 2.93. The molecule has 2 rings (SSSR count). The molecule has 0 unspecified atom stereocenters. The van der Waals surface area contributed by atoms with E-state index >= 15 is 0 Å². The first-order valence-electron chi connectivity index (χ1n) is 6.77. The summed E-state index contributed by atoms with van der Waals surface area (Å²) in [6.45, 7) is 4.02. The van der Waals surface area contributed by atoms with Crippen LogP contribution in [0.3, 0.4) is 0 Å². The first-order valence-corrected chi connectivity index (χ1v) is 6.77. The van der Waals surface area contributed by atoms with Crippen LogP contribution in [-0.2, 0) is 16.0 Å². The summed E-state index contributed by atoms with van der Waals surface area (Å²) in [5, 5.41) is 0. The van der Waals surface area contributed by atoms with E-state index in [9.17, 15) is 9.18 Å². The molecule has 21 heavy (non-hydrogen) atoms. The number of ether oxygens (including phenoxy) is 2. The van der Waals surface area contributed by atoms with Crippen molar-refractivity contribution in [2.75, 3.05) is 6.61 Å². The Morgan fingerprint density at radius 2 is 2.00 bits per heavy atom. The maximum atomic E-state index is 13.2. The molecule has 0 amide bonds. The molecule has 0 atom stereocenters. The second-order valence-electron chi connectivity index (χ2n) is 4.64. The lowest BCUT2D eigenvalue weighted by molar-refractivity contribution is -0.142. The molecule has 0 aromatic heterocycles. The molecule has 2 aromatic rings. The van der Waals surface area contributed by atoms with Crippen molar-refractivity contribution in [1.29, 1.82) is 0 Å². The minimum Gasteiger partial charge on any atom is -0.466 e. The summed E-state index contributed by atoms with van der Waals surface area (Å²) < 4.78 is 23.8. The molecule has 0 aliphatic rings. The van der Waals surface area contributed by atoms with Crippen LogP contribution in [0.15, 0.2) is 42.5 Å². The van der Waals surface area contributed by atoms with Crippen LogP contribution >= 0.6 is 0 Å². The predicted molar refractivity (Wildman–Crippen MR) is 78.0 cm³/mol. The van der Waals surface area contributed by atoms with E-state index in [2.05, 4.69) is 0 Å². The summed E-state index contributed by atoms with van der Waals surface area (Å²) in [5.41, 5.74) is 1.71. The molecule has 0 fully saturated rings. The zero-order valence-corrected chi connectivity index (χ0v) is 12.1. The molecule has 2 aromatic carbocycles. The van der Waals surface area contributed by atoms with Crippen molar-refractivity contribution < 1.29 is 18.7 Å². The molecule has 0 spiro atoms. The zero-order chi connectivity index (χ0) is 15.2. The van der Waals surface area contributed by atoms with Gasteiger partial charge in [0.15, 0.2) is 0 Å². The number of benzene rings is 2. The van der Waals surface area contributed by atoms with Gasteiger partial charge in [-0.15, -0.1) is 0 Å². The highest BCUT2D eigenvalue weighted by Gasteiger charge is 2.08. The highest BCUT2D eigenvalue weighted by molar-refractivity contribution is 5.72. The van der Waals surface area contributed by atoms with Crippen LogP contribution in [0.5, 0.6) is 11.5 Å². The van der Waals surface area contributed by atoms with E-state index in [1.165, 1.54) is 12.1 Å². The molecule has 0 saturated carbocycles. The van der Waals surface area contributed by atoms with Crippen LogP contribution < -0.4 is 4.74 Å². The first-order chi connectivity index (χ1) is 10.1. The molecule has 0 aliphatic carbocycles. The number of rotatable bonds is 5. The summed E-state index contributed by atoms with van der Waals surface area (Å²) in [4.78, 5) is 11.5. The smallest absolute Gasteiger partial charge is 0.310 e. The topological polar surface area (TPSA) is 35.5 Å². The molecule has 0 bridgehead atoms. The summed E-state index contributed by atoms with van der Waals surface area (Å²) in [6, 6.07) is 11.4. The summed E-state index contributed by atoms with van der Waals surface area (Å²) >= 11 is 0. The van der Waals surface area contributed by atoms with Gasteiger partial charge in [0.2, 0.25) is 0 Å². The third-order valence-corrected chi connectivity index (χ3v) is 2.93. The SMILES string of the molecule is CCOC(=O)Cc1ccc(C)c(Oc2cccc(F)c2)c1. The Morgan fingerprint density at radius 3 is 2.71 bits per heavy atom. The van der Waals surface area contributed by atoms with E-state index in [0.717, 1.165) is 11.1 Å². The average Bonchev–Trinajstić information content (AvgIpc) is 2.43. The monoisotopic (exact) mass is 288 g/mol. The molecule has 0 heterocycles. The fraction of sp³-hybridized carbons (Fsp3) is 0.235. The second-order valence-corrected chi connectivity index (χ2v) is 4.64. The number of halogens is 1. The van der Waals surface area contributed by atoms with Crippen LogP contribution in [-0.4, -0.2) is 12.6 Å². The van der Waals surface area contributed by atoms with Crippen molar-refractivity contribution >= 4 is 5.97 Å². The Bertz CT molecular complexity index is 638. The van der Waals surface area contributed by atoms with Crippen LogP contribution in [0, 0.1) is 12.7 Å². The minimum absolute atomic E-state index is 0.188. The van der Waals surface area contributed by atoms with Gasteiger partial charge in [-0.2, -0.15) is 0 Å². The maximum absolute atomic E-state index is 13.2. The zero-order valence-electron chi connectivity index (χ0n) is 12.1. The van der Waals surface area contributed by atoms with E-state index in [4.69, 9.17) is 9.47 Å². The van der Waals surface area contributed by atoms with Crippen molar-refractivity contribution in [3.63, 3.8) is 0 Å². The van der Waals surface area contributed by atoms with Gasteiger partial charge < -0.3 is 9.47 Å². The number of hydrogen-bond donors (Lipinski definition) is 0. The Balaban J connectivity index is 2.17. The molecule has 3 nitrogen and oxygen atoms in total. The van der Waals surface area contributed by atoms with Gasteiger partial charge in [0.05, 0.1) is 13.0 Å². The number of carbonyl (C=O) groups is 1. The normalized spacial score (nSPS) is 10.2. The van der Waals surface area contributed by atoms with Gasteiger partial charge in [-0.05, 0) is 43.2 Å². The Hall–Kier alpha value is -2.36. The van der Waals surface area contributed by atoms with Crippen LogP contribution in [0.25, 0.3) is 0 Å². The standard InChI is InChI=1S/C17H17FO3/c1-3-20-17(19)10-13-8-7-12(2)16(9-13)21-15-6-4-5-14(18)11-15/h4-9,11H,3,10H2,1-2H3. The number of carbonyl (C=O) groups excluding carboxylic acids is 1. The fourth-order valence-electron chi connectivity index (χ4n) is 1.90. The lowest BCUT2D eigenvalue weighted by Crippen LogP contribution is -2.07. The molecule has 0 radical (unpaired) electrons. The lowest BCUT2D eigenvalue weighted by atomic mass is 10.1. The molecule has 0 aliphatic heterocycles.